The van der Waals surface area contributed by atoms with Gasteiger partial charge in [-0.25, -0.2) is 5.43 Å². The van der Waals surface area contributed by atoms with Gasteiger partial charge in [0.1, 0.15) is 0 Å². The number of amides is 2. The van der Waals surface area contributed by atoms with Crippen molar-refractivity contribution in [2.45, 2.75) is 0 Å². The summed E-state index contributed by atoms with van der Waals surface area (Å²) in [4.78, 5) is 23.9. The second-order valence-corrected chi connectivity index (χ2v) is 5.85. The molecule has 0 saturated carbocycles. The number of halogens is 1. The molecule has 0 bridgehead atoms. The van der Waals surface area contributed by atoms with Crippen LogP contribution in [0.2, 0.25) is 5.02 Å². The van der Waals surface area contributed by atoms with Crippen molar-refractivity contribution < 1.29 is 23.8 Å². The lowest BCUT2D eigenvalue weighted by molar-refractivity contribution is -0.120. The van der Waals surface area contributed by atoms with Crippen LogP contribution in [0.15, 0.2) is 41.5 Å². The molecule has 0 aliphatic heterocycles. The van der Waals surface area contributed by atoms with Crippen LogP contribution in [-0.4, -0.2) is 45.9 Å². The fourth-order valence-corrected chi connectivity index (χ4v) is 2.52. The van der Waals surface area contributed by atoms with E-state index in [0.29, 0.717) is 33.4 Å². The molecule has 2 aromatic carbocycles. The van der Waals surface area contributed by atoms with Crippen molar-refractivity contribution in [1.29, 1.82) is 0 Å². The Labute approximate surface area is 167 Å². The van der Waals surface area contributed by atoms with Gasteiger partial charge >= 0.3 is 0 Å². The minimum absolute atomic E-state index is 0.244. The fourth-order valence-electron chi connectivity index (χ4n) is 2.33. The van der Waals surface area contributed by atoms with E-state index in [2.05, 4.69) is 15.8 Å². The Morgan fingerprint density at radius 2 is 1.82 bits per heavy atom. The van der Waals surface area contributed by atoms with Gasteiger partial charge in [-0.1, -0.05) is 17.7 Å². The van der Waals surface area contributed by atoms with Crippen molar-refractivity contribution in [3.05, 3.63) is 52.5 Å². The average molecular weight is 406 g/mol. The summed E-state index contributed by atoms with van der Waals surface area (Å²) >= 11 is 5.84. The molecule has 0 aromatic heterocycles. The molecule has 0 saturated heterocycles. The van der Waals surface area contributed by atoms with Gasteiger partial charge in [-0.2, -0.15) is 5.10 Å². The maximum absolute atomic E-state index is 12.0. The third-order valence-electron chi connectivity index (χ3n) is 3.62. The first-order chi connectivity index (χ1) is 13.5. The minimum atomic E-state index is -0.494. The molecular weight excluding hydrogens is 386 g/mol. The van der Waals surface area contributed by atoms with Gasteiger partial charge in [0.25, 0.3) is 11.8 Å². The summed E-state index contributed by atoms with van der Waals surface area (Å²) in [5.74, 6) is 0.418. The summed E-state index contributed by atoms with van der Waals surface area (Å²) in [6, 6.07) is 9.81. The number of nitrogens with zero attached hydrogens (tertiary/aromatic N) is 1. The van der Waals surface area contributed by atoms with E-state index in [1.807, 2.05) is 0 Å². The molecule has 0 atom stereocenters. The Morgan fingerprint density at radius 1 is 1.07 bits per heavy atom. The van der Waals surface area contributed by atoms with Crippen LogP contribution in [0.5, 0.6) is 17.2 Å². The highest BCUT2D eigenvalue weighted by molar-refractivity contribution is 6.31. The van der Waals surface area contributed by atoms with Crippen LogP contribution in [0.25, 0.3) is 0 Å². The van der Waals surface area contributed by atoms with Crippen LogP contribution < -0.4 is 25.0 Å². The molecule has 2 N–H and O–H groups in total. The van der Waals surface area contributed by atoms with Crippen molar-refractivity contribution in [1.82, 2.24) is 10.7 Å². The van der Waals surface area contributed by atoms with Crippen molar-refractivity contribution in [3.8, 4) is 17.2 Å². The van der Waals surface area contributed by atoms with E-state index in [-0.39, 0.29) is 6.54 Å². The Hall–Kier alpha value is -3.26. The van der Waals surface area contributed by atoms with E-state index in [1.54, 1.807) is 30.3 Å². The molecule has 0 heterocycles. The molecule has 2 aromatic rings. The summed E-state index contributed by atoms with van der Waals surface area (Å²) < 4.78 is 15.8. The summed E-state index contributed by atoms with van der Waals surface area (Å²) in [5.41, 5.74) is 3.26. The van der Waals surface area contributed by atoms with Crippen molar-refractivity contribution in [2.24, 2.45) is 5.10 Å². The molecule has 0 unspecified atom stereocenters. The molecule has 0 fully saturated rings. The van der Waals surface area contributed by atoms with Crippen LogP contribution in [0.3, 0.4) is 0 Å². The molecule has 8 nitrogen and oxygen atoms in total. The topological polar surface area (TPSA) is 98.2 Å². The van der Waals surface area contributed by atoms with Gasteiger partial charge < -0.3 is 19.5 Å². The Balaban J connectivity index is 1.95. The molecule has 2 amide bonds. The molecule has 148 valence electrons. The first-order valence-electron chi connectivity index (χ1n) is 8.14. The van der Waals surface area contributed by atoms with Crippen LogP contribution >= 0.6 is 11.6 Å². The third-order valence-corrected chi connectivity index (χ3v) is 3.86. The first-order valence-corrected chi connectivity index (χ1v) is 8.52. The highest BCUT2D eigenvalue weighted by atomic mass is 35.5. The van der Waals surface area contributed by atoms with Gasteiger partial charge in [-0.05, 0) is 30.3 Å². The Morgan fingerprint density at radius 3 is 2.46 bits per heavy atom. The molecule has 0 spiro atoms. The number of hydrazone groups is 1. The van der Waals surface area contributed by atoms with Crippen molar-refractivity contribution >= 4 is 29.6 Å². The zero-order valence-electron chi connectivity index (χ0n) is 15.6. The second kappa shape index (κ2) is 10.2. The quantitative estimate of drug-likeness (QED) is 0.518. The minimum Gasteiger partial charge on any atom is -0.493 e. The van der Waals surface area contributed by atoms with E-state index in [4.69, 9.17) is 25.8 Å². The van der Waals surface area contributed by atoms with Crippen LogP contribution in [0.1, 0.15) is 15.9 Å². The zero-order chi connectivity index (χ0) is 20.5. The van der Waals surface area contributed by atoms with Crippen molar-refractivity contribution in [2.75, 3.05) is 27.9 Å². The number of ether oxygens (including phenoxy) is 3. The Bertz CT molecular complexity index is 886. The normalized spacial score (nSPS) is 10.4. The number of carbonyl (C=O) groups excluding carboxylic acids is 2. The lowest BCUT2D eigenvalue weighted by Gasteiger charge is -2.13. The Kier molecular flexibility index (Phi) is 7.65. The maximum atomic E-state index is 12.0. The number of hydrogen-bond donors (Lipinski definition) is 2. The monoisotopic (exact) mass is 405 g/mol. The molecule has 0 aliphatic rings. The SMILES string of the molecule is COc1ccc(/C=N/NC(=O)CNC(=O)c2cccc(Cl)c2)c(OC)c1OC. The predicted octanol–water partition coefficient (Wildman–Crippen LogP) is 2.25. The standard InChI is InChI=1S/C19H20ClN3O5/c1-26-15-8-7-13(17(27-2)18(15)28-3)10-22-23-16(24)11-21-19(25)12-5-4-6-14(20)9-12/h4-10H,11H2,1-3H3,(H,21,25)(H,23,24)/b22-10+. The van der Waals surface area contributed by atoms with Crippen LogP contribution in [0, 0.1) is 0 Å². The number of benzene rings is 2. The second-order valence-electron chi connectivity index (χ2n) is 5.41. The molecular formula is C19H20ClN3O5. The largest absolute Gasteiger partial charge is 0.493 e. The lowest BCUT2D eigenvalue weighted by atomic mass is 10.2. The van der Waals surface area contributed by atoms with Gasteiger partial charge in [0.2, 0.25) is 5.75 Å². The predicted molar refractivity (Wildman–Crippen MR) is 106 cm³/mol. The smallest absolute Gasteiger partial charge is 0.259 e. The van der Waals surface area contributed by atoms with E-state index in [1.165, 1.54) is 33.6 Å². The molecule has 0 aliphatic carbocycles. The fraction of sp³-hybridized carbons (Fsp3) is 0.211. The zero-order valence-corrected chi connectivity index (χ0v) is 16.4. The van der Waals surface area contributed by atoms with Gasteiger partial charge in [0.05, 0.1) is 34.1 Å². The van der Waals surface area contributed by atoms with Gasteiger partial charge in [0.15, 0.2) is 11.5 Å². The number of rotatable bonds is 8. The highest BCUT2D eigenvalue weighted by Gasteiger charge is 2.14. The number of carbonyl (C=O) groups is 2. The molecule has 9 heteroatoms. The van der Waals surface area contributed by atoms with Gasteiger partial charge in [0, 0.05) is 16.1 Å². The van der Waals surface area contributed by atoms with E-state index < -0.39 is 11.8 Å². The summed E-state index contributed by atoms with van der Waals surface area (Å²) in [5, 5.41) is 6.79. The number of hydrogen-bond acceptors (Lipinski definition) is 6. The summed E-state index contributed by atoms with van der Waals surface area (Å²) in [7, 11) is 4.49. The molecule has 2 rings (SSSR count). The highest BCUT2D eigenvalue weighted by Crippen LogP contribution is 2.38. The molecule has 28 heavy (non-hydrogen) atoms. The maximum Gasteiger partial charge on any atom is 0.259 e. The van der Waals surface area contributed by atoms with Crippen molar-refractivity contribution in [3.63, 3.8) is 0 Å². The molecule has 0 radical (unpaired) electrons. The van der Waals surface area contributed by atoms with E-state index in [0.717, 1.165) is 0 Å². The number of methoxy groups -OCH3 is 3. The van der Waals surface area contributed by atoms with E-state index >= 15 is 0 Å². The average Bonchev–Trinajstić information content (AvgIpc) is 2.71. The number of nitrogens with one attached hydrogen (secondary N) is 2. The third kappa shape index (κ3) is 5.37. The van der Waals surface area contributed by atoms with Gasteiger partial charge in [-0.15, -0.1) is 0 Å². The van der Waals surface area contributed by atoms with Crippen LogP contribution in [0.4, 0.5) is 0 Å². The van der Waals surface area contributed by atoms with Crippen LogP contribution in [-0.2, 0) is 4.79 Å². The first kappa shape index (κ1) is 21.0. The van der Waals surface area contributed by atoms with E-state index in [9.17, 15) is 9.59 Å². The summed E-state index contributed by atoms with van der Waals surface area (Å²) in [6.45, 7) is -0.244. The van der Waals surface area contributed by atoms with Gasteiger partial charge in [-0.3, -0.25) is 9.59 Å². The summed E-state index contributed by atoms with van der Waals surface area (Å²) in [6.07, 6.45) is 1.40. The lowest BCUT2D eigenvalue weighted by Crippen LogP contribution is -2.34.